The van der Waals surface area contributed by atoms with Crippen LogP contribution in [-0.4, -0.2) is 26.0 Å². The summed E-state index contributed by atoms with van der Waals surface area (Å²) < 4.78 is 2.16. The summed E-state index contributed by atoms with van der Waals surface area (Å²) >= 11 is 1.93. The third-order valence-corrected chi connectivity index (χ3v) is 3.96. The Hall–Kier alpha value is -1.49. The lowest BCUT2D eigenvalue weighted by molar-refractivity contribution is 0.615. The van der Waals surface area contributed by atoms with Crippen molar-refractivity contribution >= 4 is 17.4 Å². The minimum Gasteiger partial charge on any atom is -0.398 e. The molecule has 2 aromatic heterocycles. The molecule has 2 heterocycles. The minimum absolute atomic E-state index is 0.395. The summed E-state index contributed by atoms with van der Waals surface area (Å²) in [5, 5.41) is 0. The average Bonchev–Trinajstić information content (AvgIpc) is 2.85. The Morgan fingerprint density at radius 2 is 2.22 bits per heavy atom. The first-order valence-corrected chi connectivity index (χ1v) is 7.19. The monoisotopic (exact) mass is 262 g/mol. The predicted octanol–water partition coefficient (Wildman–Crippen LogP) is 2.84. The van der Waals surface area contributed by atoms with E-state index in [9.17, 15) is 0 Å². The average molecular weight is 262 g/mol. The molecular weight excluding hydrogens is 244 g/mol. The molecule has 2 rings (SSSR count). The molecule has 1 atom stereocenters. The van der Waals surface area contributed by atoms with E-state index in [1.54, 1.807) is 12.4 Å². The number of nitrogen functional groups attached to an aromatic ring is 1. The molecule has 96 valence electrons. The van der Waals surface area contributed by atoms with Crippen LogP contribution in [0, 0.1) is 0 Å². The fraction of sp³-hybridized carbons (Fsp3) is 0.385. The van der Waals surface area contributed by atoms with Gasteiger partial charge in [0.1, 0.15) is 0 Å². The normalized spacial score (nSPS) is 12.6. The zero-order valence-electron chi connectivity index (χ0n) is 10.7. The van der Waals surface area contributed by atoms with Gasteiger partial charge in [0.25, 0.3) is 0 Å². The van der Waals surface area contributed by atoms with E-state index >= 15 is 0 Å². The molecule has 0 spiro atoms. The smallest absolute Gasteiger partial charge is 0.0953 e. The molecule has 18 heavy (non-hydrogen) atoms. The second kappa shape index (κ2) is 5.91. The van der Waals surface area contributed by atoms with Gasteiger partial charge in [0.2, 0.25) is 0 Å². The SMILES string of the molecule is CCSCC(C)n1cncc1-c1cnccc1N. The van der Waals surface area contributed by atoms with Crippen molar-refractivity contribution in [3.05, 3.63) is 31.0 Å². The van der Waals surface area contributed by atoms with Crippen molar-refractivity contribution in [2.75, 3.05) is 17.2 Å². The number of nitrogens with zero attached hydrogens (tertiary/aromatic N) is 3. The van der Waals surface area contributed by atoms with Gasteiger partial charge in [-0.15, -0.1) is 0 Å². The van der Waals surface area contributed by atoms with E-state index in [4.69, 9.17) is 5.73 Å². The highest BCUT2D eigenvalue weighted by molar-refractivity contribution is 7.99. The van der Waals surface area contributed by atoms with Crippen molar-refractivity contribution in [1.29, 1.82) is 0 Å². The molecule has 0 aromatic carbocycles. The second-order valence-corrected chi connectivity index (χ2v) is 5.48. The molecule has 0 radical (unpaired) electrons. The van der Waals surface area contributed by atoms with E-state index in [2.05, 4.69) is 28.4 Å². The number of nitrogens with two attached hydrogens (primary N) is 1. The van der Waals surface area contributed by atoms with Crippen LogP contribution in [-0.2, 0) is 0 Å². The third-order valence-electron chi connectivity index (χ3n) is 2.83. The molecule has 5 heteroatoms. The van der Waals surface area contributed by atoms with Gasteiger partial charge in [-0.2, -0.15) is 11.8 Å². The zero-order chi connectivity index (χ0) is 13.0. The standard InChI is InChI=1S/C13H18N4S/c1-3-18-8-10(2)17-9-16-7-13(17)11-6-15-5-4-12(11)14/h4-7,9-10H,3,8H2,1-2H3,(H2,14,15). The minimum atomic E-state index is 0.395. The Balaban J connectivity index is 2.30. The van der Waals surface area contributed by atoms with Crippen molar-refractivity contribution in [1.82, 2.24) is 14.5 Å². The van der Waals surface area contributed by atoms with Crippen LogP contribution in [0.5, 0.6) is 0 Å². The topological polar surface area (TPSA) is 56.7 Å². The van der Waals surface area contributed by atoms with Crippen LogP contribution >= 0.6 is 11.8 Å². The fourth-order valence-corrected chi connectivity index (χ4v) is 2.59. The summed E-state index contributed by atoms with van der Waals surface area (Å²) in [5.74, 6) is 2.20. The maximum atomic E-state index is 5.99. The molecule has 0 saturated heterocycles. The fourth-order valence-electron chi connectivity index (χ4n) is 1.85. The molecule has 2 aromatic rings. The number of hydrogen-bond acceptors (Lipinski definition) is 4. The number of imidazole rings is 1. The van der Waals surface area contributed by atoms with Crippen molar-refractivity contribution in [2.24, 2.45) is 0 Å². The first-order valence-electron chi connectivity index (χ1n) is 6.03. The number of thioether (sulfide) groups is 1. The zero-order valence-corrected chi connectivity index (χ0v) is 11.5. The number of pyridine rings is 1. The van der Waals surface area contributed by atoms with Gasteiger partial charge < -0.3 is 10.3 Å². The molecule has 2 N–H and O–H groups in total. The maximum Gasteiger partial charge on any atom is 0.0953 e. The third kappa shape index (κ3) is 2.67. The predicted molar refractivity (Wildman–Crippen MR) is 77.6 cm³/mol. The van der Waals surface area contributed by atoms with E-state index in [0.29, 0.717) is 6.04 Å². The highest BCUT2D eigenvalue weighted by atomic mass is 32.2. The summed E-state index contributed by atoms with van der Waals surface area (Å²) in [5.41, 5.74) is 8.71. The molecule has 0 saturated carbocycles. The van der Waals surface area contributed by atoms with Crippen molar-refractivity contribution < 1.29 is 0 Å². The molecule has 0 fully saturated rings. The van der Waals surface area contributed by atoms with Crippen LogP contribution in [0.25, 0.3) is 11.3 Å². The highest BCUT2D eigenvalue weighted by Gasteiger charge is 2.13. The van der Waals surface area contributed by atoms with Gasteiger partial charge in [-0.1, -0.05) is 6.92 Å². The Morgan fingerprint density at radius 1 is 1.39 bits per heavy atom. The summed E-state index contributed by atoms with van der Waals surface area (Å²) in [6, 6.07) is 2.21. The Kier molecular flexibility index (Phi) is 4.25. The lowest BCUT2D eigenvalue weighted by atomic mass is 10.2. The number of anilines is 1. The molecular formula is C13H18N4S. The van der Waals surface area contributed by atoms with Crippen LogP contribution in [0.1, 0.15) is 19.9 Å². The molecule has 1 unspecified atom stereocenters. The van der Waals surface area contributed by atoms with E-state index in [1.165, 1.54) is 0 Å². The first kappa shape index (κ1) is 13.0. The lowest BCUT2D eigenvalue weighted by Gasteiger charge is -2.16. The summed E-state index contributed by atoms with van der Waals surface area (Å²) in [4.78, 5) is 8.38. The van der Waals surface area contributed by atoms with Gasteiger partial charge in [-0.05, 0) is 18.7 Å². The van der Waals surface area contributed by atoms with Crippen LogP contribution < -0.4 is 5.73 Å². The summed E-state index contributed by atoms with van der Waals surface area (Å²) in [6.07, 6.45) is 7.21. The van der Waals surface area contributed by atoms with Gasteiger partial charge in [-0.3, -0.25) is 4.98 Å². The largest absolute Gasteiger partial charge is 0.398 e. The quantitative estimate of drug-likeness (QED) is 0.900. The van der Waals surface area contributed by atoms with Crippen LogP contribution in [0.4, 0.5) is 5.69 Å². The van der Waals surface area contributed by atoms with E-state index in [-0.39, 0.29) is 0 Å². The molecule has 0 amide bonds. The van der Waals surface area contributed by atoms with Crippen LogP contribution in [0.15, 0.2) is 31.0 Å². The summed E-state index contributed by atoms with van der Waals surface area (Å²) in [6.45, 7) is 4.37. The lowest BCUT2D eigenvalue weighted by Crippen LogP contribution is -2.09. The van der Waals surface area contributed by atoms with E-state index in [1.807, 2.05) is 30.4 Å². The van der Waals surface area contributed by atoms with E-state index < -0.39 is 0 Å². The maximum absolute atomic E-state index is 5.99. The Labute approximate surface area is 112 Å². The summed E-state index contributed by atoms with van der Waals surface area (Å²) in [7, 11) is 0. The Bertz CT molecular complexity index is 509. The van der Waals surface area contributed by atoms with Crippen LogP contribution in [0.3, 0.4) is 0 Å². The van der Waals surface area contributed by atoms with Crippen molar-refractivity contribution in [3.63, 3.8) is 0 Å². The molecule has 4 nitrogen and oxygen atoms in total. The second-order valence-electron chi connectivity index (χ2n) is 4.16. The van der Waals surface area contributed by atoms with Gasteiger partial charge in [-0.25, -0.2) is 4.98 Å². The Morgan fingerprint density at radius 3 is 2.94 bits per heavy atom. The van der Waals surface area contributed by atoms with Crippen molar-refractivity contribution in [2.45, 2.75) is 19.9 Å². The molecule has 0 aliphatic heterocycles. The first-order chi connectivity index (χ1) is 8.74. The van der Waals surface area contributed by atoms with Gasteiger partial charge in [0.15, 0.2) is 0 Å². The highest BCUT2D eigenvalue weighted by Crippen LogP contribution is 2.27. The van der Waals surface area contributed by atoms with Gasteiger partial charge >= 0.3 is 0 Å². The van der Waals surface area contributed by atoms with Gasteiger partial charge in [0.05, 0.1) is 18.2 Å². The van der Waals surface area contributed by atoms with Gasteiger partial charge in [0, 0.05) is 35.4 Å². The molecule has 0 aliphatic carbocycles. The number of rotatable bonds is 5. The van der Waals surface area contributed by atoms with Crippen LogP contribution in [0.2, 0.25) is 0 Å². The molecule has 0 aliphatic rings. The number of aromatic nitrogens is 3. The molecule has 0 bridgehead atoms. The van der Waals surface area contributed by atoms with E-state index in [0.717, 1.165) is 28.5 Å². The number of hydrogen-bond donors (Lipinski definition) is 1. The van der Waals surface area contributed by atoms with Crippen molar-refractivity contribution in [3.8, 4) is 11.3 Å².